The Labute approximate surface area is 130 Å². The molecule has 0 aliphatic rings. The molecule has 0 aromatic heterocycles. The molecule has 0 fully saturated rings. The van der Waals surface area contributed by atoms with Crippen molar-refractivity contribution in [3.05, 3.63) is 35.4 Å². The predicted octanol–water partition coefficient (Wildman–Crippen LogP) is 5.30. The van der Waals surface area contributed by atoms with Crippen LogP contribution in [0.25, 0.3) is 0 Å². The Bertz CT molecular complexity index is 379. The zero-order chi connectivity index (χ0) is 13.6. The molecular weight excluding hydrogens is 278 g/mol. The first-order valence-electron chi connectivity index (χ1n) is 6.87. The van der Waals surface area contributed by atoms with Crippen LogP contribution in [0.15, 0.2) is 12.1 Å². The summed E-state index contributed by atoms with van der Waals surface area (Å²) in [5, 5.41) is 0. The molecule has 1 unspecified atom stereocenters. The van der Waals surface area contributed by atoms with Crippen molar-refractivity contribution in [3.8, 4) is 0 Å². The van der Waals surface area contributed by atoms with E-state index in [4.69, 9.17) is 0 Å². The van der Waals surface area contributed by atoms with E-state index in [9.17, 15) is 8.78 Å². The van der Waals surface area contributed by atoms with Gasteiger partial charge in [0.25, 0.3) is 0 Å². The fourth-order valence-electron chi connectivity index (χ4n) is 2.26. The Balaban J connectivity index is 0.00000324. The van der Waals surface area contributed by atoms with Crippen molar-refractivity contribution < 1.29 is 30.5 Å². The molecule has 0 heterocycles. The summed E-state index contributed by atoms with van der Waals surface area (Å²) >= 11 is 0. The van der Waals surface area contributed by atoms with Crippen molar-refractivity contribution in [2.75, 3.05) is 0 Å². The van der Waals surface area contributed by atoms with E-state index in [0.717, 1.165) is 12.8 Å². The zero-order valence-corrected chi connectivity index (χ0v) is 13.7. The maximum atomic E-state index is 13.6. The summed E-state index contributed by atoms with van der Waals surface area (Å²) in [5.41, 5.74) is 0.680. The van der Waals surface area contributed by atoms with Gasteiger partial charge in [0.15, 0.2) is 0 Å². The molecule has 0 saturated heterocycles. The number of halogens is 2. The Morgan fingerprint density at radius 2 is 1.84 bits per heavy atom. The van der Waals surface area contributed by atoms with Crippen LogP contribution in [0.5, 0.6) is 0 Å². The molecule has 1 aromatic rings. The summed E-state index contributed by atoms with van der Waals surface area (Å²) in [7, 11) is 0. The minimum Gasteiger partial charge on any atom is -0.206 e. The summed E-state index contributed by atoms with van der Waals surface area (Å²) in [6.07, 6.45) is 6.34. The van der Waals surface area contributed by atoms with E-state index in [-0.39, 0.29) is 27.1 Å². The van der Waals surface area contributed by atoms with E-state index in [2.05, 4.69) is 26.8 Å². The van der Waals surface area contributed by atoms with Crippen LogP contribution in [-0.4, -0.2) is 0 Å². The normalized spacial score (nSPS) is 13.7. The summed E-state index contributed by atoms with van der Waals surface area (Å²) < 4.78 is 26.4. The number of hydrogen-bond acceptors (Lipinski definition) is 0. The van der Waals surface area contributed by atoms with Crippen LogP contribution in [0.3, 0.4) is 0 Å². The monoisotopic (exact) mass is 301 g/mol. The zero-order valence-electron chi connectivity index (χ0n) is 12.2. The van der Waals surface area contributed by atoms with Crippen LogP contribution in [-0.2, 0) is 28.1 Å². The Morgan fingerprint density at radius 1 is 1.16 bits per heavy atom. The summed E-state index contributed by atoms with van der Waals surface area (Å²) in [4.78, 5) is 0. The quantitative estimate of drug-likeness (QED) is 0.473. The first-order valence-corrected chi connectivity index (χ1v) is 6.87. The van der Waals surface area contributed by atoms with E-state index in [1.807, 2.05) is 0 Å². The van der Waals surface area contributed by atoms with Crippen molar-refractivity contribution in [2.45, 2.75) is 59.3 Å². The number of unbranched alkanes of at least 4 members (excludes halogenated alkanes) is 2. The molecule has 0 aliphatic carbocycles. The second-order valence-electron chi connectivity index (χ2n) is 5.44. The van der Waals surface area contributed by atoms with Crippen molar-refractivity contribution in [3.63, 3.8) is 0 Å². The molecule has 19 heavy (non-hydrogen) atoms. The summed E-state index contributed by atoms with van der Waals surface area (Å²) in [6.45, 7) is 6.50. The van der Waals surface area contributed by atoms with Gasteiger partial charge in [0.2, 0.25) is 0 Å². The fraction of sp³-hybridized carbons (Fsp3) is 0.625. The molecule has 0 nitrogen and oxygen atoms in total. The predicted molar refractivity (Wildman–Crippen MR) is 71.4 cm³/mol. The SMILES string of the molecule is CCCCCC(C)(CC)Cc1ccc(F)[c]c1F.[Ti]. The maximum Gasteiger partial charge on any atom is 0.137 e. The largest absolute Gasteiger partial charge is 0.206 e. The smallest absolute Gasteiger partial charge is 0.137 e. The third-order valence-corrected chi connectivity index (χ3v) is 3.80. The molecule has 1 radical (unpaired) electrons. The van der Waals surface area contributed by atoms with Crippen LogP contribution in [0.2, 0.25) is 0 Å². The first kappa shape index (κ1) is 18.8. The van der Waals surface area contributed by atoms with Crippen molar-refractivity contribution in [1.29, 1.82) is 0 Å². The van der Waals surface area contributed by atoms with Crippen LogP contribution in [0, 0.1) is 23.1 Å². The van der Waals surface area contributed by atoms with E-state index in [0.29, 0.717) is 12.0 Å². The van der Waals surface area contributed by atoms with Crippen LogP contribution in [0.4, 0.5) is 8.78 Å². The molecule has 1 rings (SSSR count). The van der Waals surface area contributed by atoms with Crippen molar-refractivity contribution in [2.24, 2.45) is 5.41 Å². The Kier molecular flexibility index (Phi) is 8.77. The standard InChI is InChI=1S/C16H23F2.Ti/c1-4-6-7-10-16(3,5-2)12-13-8-9-14(17)11-15(13)18;/h8-9H,4-7,10,12H2,1-3H3;. The molecule has 0 amide bonds. The molecule has 1 atom stereocenters. The van der Waals surface area contributed by atoms with E-state index in [1.165, 1.54) is 25.3 Å². The summed E-state index contributed by atoms with van der Waals surface area (Å²) in [6, 6.07) is 4.96. The van der Waals surface area contributed by atoms with E-state index < -0.39 is 11.6 Å². The average molecular weight is 301 g/mol. The topological polar surface area (TPSA) is 0 Å². The Morgan fingerprint density at radius 3 is 2.37 bits per heavy atom. The number of hydrogen-bond donors (Lipinski definition) is 0. The molecule has 0 N–H and O–H groups in total. The van der Waals surface area contributed by atoms with Crippen molar-refractivity contribution in [1.82, 2.24) is 0 Å². The third-order valence-electron chi connectivity index (χ3n) is 3.80. The van der Waals surface area contributed by atoms with Gasteiger partial charge in [-0.05, 0) is 29.9 Å². The molecule has 0 spiro atoms. The molecule has 0 saturated carbocycles. The molecule has 1 aromatic carbocycles. The molecule has 0 aliphatic heterocycles. The fourth-order valence-corrected chi connectivity index (χ4v) is 2.26. The number of rotatable bonds is 7. The van der Waals surface area contributed by atoms with Gasteiger partial charge < -0.3 is 0 Å². The van der Waals surface area contributed by atoms with E-state index in [1.54, 1.807) is 6.07 Å². The van der Waals surface area contributed by atoms with Gasteiger partial charge >= 0.3 is 0 Å². The van der Waals surface area contributed by atoms with Gasteiger partial charge in [-0.2, -0.15) is 0 Å². The summed E-state index contributed by atoms with van der Waals surface area (Å²) in [5.74, 6) is -1.16. The second kappa shape index (κ2) is 8.86. The minimum atomic E-state index is -0.625. The average Bonchev–Trinajstić information content (AvgIpc) is 2.33. The molecular formula is C16H23F2Ti. The van der Waals surface area contributed by atoms with Gasteiger partial charge in [-0.15, -0.1) is 0 Å². The Hall–Kier alpha value is -0.206. The van der Waals surface area contributed by atoms with Crippen LogP contribution >= 0.6 is 0 Å². The number of benzene rings is 1. The van der Waals surface area contributed by atoms with Gasteiger partial charge in [-0.1, -0.05) is 52.5 Å². The maximum absolute atomic E-state index is 13.6. The van der Waals surface area contributed by atoms with Gasteiger partial charge in [0, 0.05) is 21.7 Å². The first-order chi connectivity index (χ1) is 8.50. The van der Waals surface area contributed by atoms with Crippen molar-refractivity contribution >= 4 is 0 Å². The van der Waals surface area contributed by atoms with Crippen LogP contribution in [0.1, 0.15) is 58.4 Å². The van der Waals surface area contributed by atoms with Gasteiger partial charge in [-0.3, -0.25) is 0 Å². The molecule has 0 bridgehead atoms. The van der Waals surface area contributed by atoms with Gasteiger partial charge in [0.05, 0.1) is 6.07 Å². The van der Waals surface area contributed by atoms with E-state index >= 15 is 0 Å². The molecule has 3 heteroatoms. The van der Waals surface area contributed by atoms with Gasteiger partial charge in [-0.25, -0.2) is 8.78 Å². The third kappa shape index (κ3) is 6.18. The second-order valence-corrected chi connectivity index (χ2v) is 5.44. The minimum absolute atomic E-state index is 0. The van der Waals surface area contributed by atoms with Gasteiger partial charge in [0.1, 0.15) is 11.6 Å². The van der Waals surface area contributed by atoms with Crippen LogP contribution < -0.4 is 0 Å². The molecule has 105 valence electrons.